The summed E-state index contributed by atoms with van der Waals surface area (Å²) in [5, 5.41) is 8.55. The molecule has 21 heavy (non-hydrogen) atoms. The van der Waals surface area contributed by atoms with Crippen LogP contribution in [0.2, 0.25) is 10.0 Å². The number of benzene rings is 1. The monoisotopic (exact) mass is 353 g/mol. The molecule has 0 saturated carbocycles. The molecule has 0 bridgehead atoms. The molecule has 0 aliphatic heterocycles. The summed E-state index contributed by atoms with van der Waals surface area (Å²) in [5.74, 6) is -1.38. The lowest BCUT2D eigenvalue weighted by atomic mass is 9.91. The summed E-state index contributed by atoms with van der Waals surface area (Å²) in [6.45, 7) is 6.00. The summed E-state index contributed by atoms with van der Waals surface area (Å²) in [6.07, 6.45) is 0.782. The second-order valence-corrected chi connectivity index (χ2v) is 7.90. The molecule has 1 aromatic rings. The number of carboxylic acid groups (broad SMARTS) is 1. The number of hydrogen-bond acceptors (Lipinski definition) is 3. The molecule has 0 fully saturated rings. The predicted octanol–water partition coefficient (Wildman–Crippen LogP) is 3.41. The van der Waals surface area contributed by atoms with Crippen LogP contribution in [0.15, 0.2) is 17.0 Å². The molecule has 0 aromatic heterocycles. The molecule has 0 radical (unpaired) electrons. The van der Waals surface area contributed by atoms with Crippen molar-refractivity contribution in [2.75, 3.05) is 6.54 Å². The van der Waals surface area contributed by atoms with Crippen molar-refractivity contribution in [3.8, 4) is 0 Å². The normalized spacial score (nSPS) is 12.4. The number of carbonyl (C=O) groups is 1. The Morgan fingerprint density at radius 2 is 1.90 bits per heavy atom. The Labute approximate surface area is 134 Å². The first-order valence-electron chi connectivity index (χ1n) is 6.23. The van der Waals surface area contributed by atoms with Crippen LogP contribution in [0.25, 0.3) is 0 Å². The molecule has 0 aliphatic carbocycles. The number of carboxylic acids is 1. The average molecular weight is 354 g/mol. The van der Waals surface area contributed by atoms with Gasteiger partial charge in [-0.15, -0.1) is 0 Å². The van der Waals surface area contributed by atoms with E-state index in [-0.39, 0.29) is 21.9 Å². The third-order valence-electron chi connectivity index (χ3n) is 3.26. The molecule has 0 amide bonds. The molecule has 0 heterocycles. The van der Waals surface area contributed by atoms with Crippen molar-refractivity contribution in [1.29, 1.82) is 0 Å². The van der Waals surface area contributed by atoms with Gasteiger partial charge in [0.15, 0.2) is 0 Å². The Balaban J connectivity index is 3.22. The second-order valence-electron chi connectivity index (χ2n) is 5.38. The van der Waals surface area contributed by atoms with Crippen molar-refractivity contribution in [3.05, 3.63) is 27.7 Å². The molecule has 0 aliphatic rings. The summed E-state index contributed by atoms with van der Waals surface area (Å²) in [7, 11) is -3.91. The van der Waals surface area contributed by atoms with E-state index in [4.69, 9.17) is 28.3 Å². The summed E-state index contributed by atoms with van der Waals surface area (Å²) < 4.78 is 27.0. The van der Waals surface area contributed by atoms with Crippen LogP contribution in [0.3, 0.4) is 0 Å². The lowest BCUT2D eigenvalue weighted by molar-refractivity contribution is 0.0697. The van der Waals surface area contributed by atoms with E-state index in [2.05, 4.69) is 4.72 Å². The lowest BCUT2D eigenvalue weighted by Crippen LogP contribution is -2.33. The number of rotatable bonds is 6. The molecule has 8 heteroatoms. The molecular weight excluding hydrogens is 337 g/mol. The number of aromatic carboxylic acids is 1. The summed E-state index contributed by atoms with van der Waals surface area (Å²) in [5.41, 5.74) is -0.641. The van der Waals surface area contributed by atoms with Crippen LogP contribution in [-0.4, -0.2) is 26.0 Å². The van der Waals surface area contributed by atoms with Gasteiger partial charge in [-0.2, -0.15) is 0 Å². The van der Waals surface area contributed by atoms with Gasteiger partial charge in [-0.05, 0) is 24.0 Å². The Morgan fingerprint density at radius 3 is 2.38 bits per heavy atom. The van der Waals surface area contributed by atoms with Gasteiger partial charge in [-0.3, -0.25) is 0 Å². The van der Waals surface area contributed by atoms with E-state index in [1.54, 1.807) is 0 Å². The molecule has 0 spiro atoms. The van der Waals surface area contributed by atoms with Gasteiger partial charge in [-0.25, -0.2) is 17.9 Å². The van der Waals surface area contributed by atoms with E-state index in [9.17, 15) is 13.2 Å². The third-order valence-corrected chi connectivity index (χ3v) is 5.52. The lowest BCUT2D eigenvalue weighted by Gasteiger charge is -2.23. The van der Waals surface area contributed by atoms with Gasteiger partial charge in [0.1, 0.15) is 4.90 Å². The van der Waals surface area contributed by atoms with Gasteiger partial charge in [0.25, 0.3) is 0 Å². The quantitative estimate of drug-likeness (QED) is 0.820. The van der Waals surface area contributed by atoms with Crippen LogP contribution in [0, 0.1) is 5.41 Å². The standard InChI is InChI=1S/C13H17Cl2NO4S/c1-4-13(2,3)7-16-21(19,20)9-6-5-8(14)10(11(9)15)12(17)18/h5-6,16H,4,7H2,1-3H3,(H,17,18). The van der Waals surface area contributed by atoms with Gasteiger partial charge in [0.05, 0.1) is 15.6 Å². The molecule has 118 valence electrons. The van der Waals surface area contributed by atoms with Crippen LogP contribution in [0.5, 0.6) is 0 Å². The second kappa shape index (κ2) is 6.52. The summed E-state index contributed by atoms with van der Waals surface area (Å²) >= 11 is 11.6. The van der Waals surface area contributed by atoms with E-state index < -0.39 is 26.6 Å². The average Bonchev–Trinajstić information content (AvgIpc) is 2.36. The minimum absolute atomic E-state index is 0.111. The molecule has 0 unspecified atom stereocenters. The summed E-state index contributed by atoms with van der Waals surface area (Å²) in [4.78, 5) is 10.8. The highest BCUT2D eigenvalue weighted by molar-refractivity contribution is 7.89. The maximum absolute atomic E-state index is 12.3. The zero-order chi connectivity index (χ0) is 16.4. The molecular formula is C13H17Cl2NO4S. The Bertz CT molecular complexity index is 656. The summed E-state index contributed by atoms with van der Waals surface area (Å²) in [6, 6.07) is 2.40. The van der Waals surface area contributed by atoms with E-state index in [1.165, 1.54) is 12.1 Å². The van der Waals surface area contributed by atoms with Gasteiger partial charge < -0.3 is 5.11 Å². The van der Waals surface area contributed by atoms with Gasteiger partial charge in [-0.1, -0.05) is 44.0 Å². The fourth-order valence-electron chi connectivity index (χ4n) is 1.43. The Kier molecular flexibility index (Phi) is 5.66. The maximum atomic E-state index is 12.3. The molecule has 5 nitrogen and oxygen atoms in total. The minimum Gasteiger partial charge on any atom is -0.478 e. The number of hydrogen-bond donors (Lipinski definition) is 2. The van der Waals surface area contributed by atoms with Gasteiger partial charge >= 0.3 is 5.97 Å². The first-order valence-corrected chi connectivity index (χ1v) is 8.46. The molecule has 0 saturated heterocycles. The zero-order valence-corrected chi connectivity index (χ0v) is 14.2. The number of nitrogens with one attached hydrogen (secondary N) is 1. The van der Waals surface area contributed by atoms with Crippen molar-refractivity contribution in [2.24, 2.45) is 5.41 Å². The van der Waals surface area contributed by atoms with E-state index in [1.807, 2.05) is 20.8 Å². The SMILES string of the molecule is CCC(C)(C)CNS(=O)(=O)c1ccc(Cl)c(C(=O)O)c1Cl. The van der Waals surface area contributed by atoms with Crippen molar-refractivity contribution in [3.63, 3.8) is 0 Å². The van der Waals surface area contributed by atoms with Crippen molar-refractivity contribution >= 4 is 39.2 Å². The fourth-order valence-corrected chi connectivity index (χ4v) is 3.59. The van der Waals surface area contributed by atoms with Crippen LogP contribution >= 0.6 is 23.2 Å². The van der Waals surface area contributed by atoms with Crippen LogP contribution in [-0.2, 0) is 10.0 Å². The topological polar surface area (TPSA) is 83.5 Å². The Hall–Kier alpha value is -0.820. The maximum Gasteiger partial charge on any atom is 0.338 e. The molecule has 0 atom stereocenters. The van der Waals surface area contributed by atoms with E-state index >= 15 is 0 Å². The highest BCUT2D eigenvalue weighted by Gasteiger charge is 2.26. The van der Waals surface area contributed by atoms with Gasteiger partial charge in [0, 0.05) is 6.54 Å². The zero-order valence-electron chi connectivity index (χ0n) is 11.9. The van der Waals surface area contributed by atoms with Crippen molar-refractivity contribution in [2.45, 2.75) is 32.1 Å². The Morgan fingerprint density at radius 1 is 1.33 bits per heavy atom. The van der Waals surface area contributed by atoms with E-state index in [0.29, 0.717) is 0 Å². The fraction of sp³-hybridized carbons (Fsp3) is 0.462. The van der Waals surface area contributed by atoms with E-state index in [0.717, 1.165) is 6.42 Å². The number of sulfonamides is 1. The molecule has 1 aromatic carbocycles. The largest absolute Gasteiger partial charge is 0.478 e. The van der Waals surface area contributed by atoms with Crippen LogP contribution in [0.1, 0.15) is 37.6 Å². The first-order chi connectivity index (χ1) is 9.52. The smallest absolute Gasteiger partial charge is 0.338 e. The van der Waals surface area contributed by atoms with Crippen LogP contribution < -0.4 is 4.72 Å². The predicted molar refractivity (Wildman–Crippen MR) is 82.7 cm³/mol. The van der Waals surface area contributed by atoms with Crippen molar-refractivity contribution in [1.82, 2.24) is 4.72 Å². The first kappa shape index (κ1) is 18.2. The minimum atomic E-state index is -3.91. The van der Waals surface area contributed by atoms with Gasteiger partial charge in [0.2, 0.25) is 10.0 Å². The molecule has 1 rings (SSSR count). The van der Waals surface area contributed by atoms with Crippen molar-refractivity contribution < 1.29 is 18.3 Å². The highest BCUT2D eigenvalue weighted by atomic mass is 35.5. The highest BCUT2D eigenvalue weighted by Crippen LogP contribution is 2.31. The molecule has 2 N–H and O–H groups in total. The number of halogens is 2. The third kappa shape index (κ3) is 4.32. The van der Waals surface area contributed by atoms with Crippen LogP contribution in [0.4, 0.5) is 0 Å².